The van der Waals surface area contributed by atoms with E-state index in [0.29, 0.717) is 35.2 Å². The van der Waals surface area contributed by atoms with Crippen molar-refractivity contribution in [2.24, 2.45) is 0 Å². The summed E-state index contributed by atoms with van der Waals surface area (Å²) < 4.78 is 6.01. The molecule has 146 valence electrons. The van der Waals surface area contributed by atoms with Crippen molar-refractivity contribution in [2.45, 2.75) is 38.0 Å². The zero-order valence-electron chi connectivity index (χ0n) is 15.3. The van der Waals surface area contributed by atoms with E-state index in [1.807, 2.05) is 24.4 Å². The Morgan fingerprint density at radius 2 is 2.11 bits per heavy atom. The van der Waals surface area contributed by atoms with Crippen LogP contribution < -0.4 is 10.1 Å². The molecular formula is C21H20BrNO4S. The summed E-state index contributed by atoms with van der Waals surface area (Å²) in [6.07, 6.45) is 1.31. The van der Waals surface area contributed by atoms with E-state index in [1.54, 1.807) is 23.5 Å². The van der Waals surface area contributed by atoms with Gasteiger partial charge in [0.15, 0.2) is 17.3 Å². The Hall–Kier alpha value is -2.12. The van der Waals surface area contributed by atoms with Gasteiger partial charge in [-0.3, -0.25) is 9.59 Å². The van der Waals surface area contributed by atoms with Crippen molar-refractivity contribution in [3.8, 4) is 11.5 Å². The van der Waals surface area contributed by atoms with Crippen molar-refractivity contribution < 1.29 is 19.4 Å². The number of halogens is 1. The third kappa shape index (κ3) is 3.49. The second-order valence-corrected chi connectivity index (χ2v) is 8.86. The number of Topliss-reactive ketones (excluding diaryl/α,β-unsaturated/α-hetero) is 1. The van der Waals surface area contributed by atoms with Crippen LogP contribution in [0.25, 0.3) is 0 Å². The molecule has 0 unspecified atom stereocenters. The molecule has 1 aromatic carbocycles. The highest BCUT2D eigenvalue weighted by Gasteiger charge is 2.38. The molecule has 2 N–H and O–H groups in total. The second-order valence-electron chi connectivity index (χ2n) is 7.02. The molecule has 0 radical (unpaired) electrons. The fourth-order valence-electron chi connectivity index (χ4n) is 4.03. The number of thiophene rings is 1. The number of phenolic OH excluding ortho intramolecular Hbond substituents is 1. The molecule has 4 rings (SSSR count). The number of carbonyl (C=O) groups excluding carboxylic acids is 2. The van der Waals surface area contributed by atoms with Crippen LogP contribution in [0.4, 0.5) is 0 Å². The first-order valence-corrected chi connectivity index (χ1v) is 10.9. The highest BCUT2D eigenvalue weighted by atomic mass is 79.9. The second kappa shape index (κ2) is 7.72. The Morgan fingerprint density at radius 1 is 1.29 bits per heavy atom. The van der Waals surface area contributed by atoms with E-state index in [0.717, 1.165) is 11.3 Å². The maximum Gasteiger partial charge on any atom is 0.225 e. The standard InChI is InChI=1S/C21H20BrNO4S/c1-2-27-17-9-11(6-14(22)21(17)26)13-10-19(25)23-15-7-12(8-16(24)20(13)15)18-4-3-5-28-18/h3-6,9,12-13,26H,2,7-8,10H2,1H3,(H,23,25)/t12-,13+/m0/s1. The Kier molecular flexibility index (Phi) is 5.29. The first kappa shape index (κ1) is 19.2. The van der Waals surface area contributed by atoms with Gasteiger partial charge in [0.05, 0.1) is 11.1 Å². The van der Waals surface area contributed by atoms with Crippen LogP contribution in [0.5, 0.6) is 11.5 Å². The van der Waals surface area contributed by atoms with Gasteiger partial charge in [0.25, 0.3) is 0 Å². The molecular weight excluding hydrogens is 442 g/mol. The highest BCUT2D eigenvalue weighted by molar-refractivity contribution is 9.10. The van der Waals surface area contributed by atoms with Crippen LogP contribution in [-0.4, -0.2) is 23.4 Å². The normalized spacial score (nSPS) is 22.1. The molecule has 7 heteroatoms. The van der Waals surface area contributed by atoms with Crippen LogP contribution in [-0.2, 0) is 9.59 Å². The van der Waals surface area contributed by atoms with Crippen molar-refractivity contribution in [3.05, 3.63) is 55.8 Å². The summed E-state index contributed by atoms with van der Waals surface area (Å²) in [6, 6.07) is 7.53. The monoisotopic (exact) mass is 461 g/mol. The molecule has 1 aliphatic heterocycles. The SMILES string of the molecule is CCOc1cc([C@H]2CC(=O)NC3=C2C(=O)C[C@@H](c2cccs2)C3)cc(Br)c1O. The van der Waals surface area contributed by atoms with Gasteiger partial charge in [-0.25, -0.2) is 0 Å². The smallest absolute Gasteiger partial charge is 0.225 e. The van der Waals surface area contributed by atoms with E-state index in [4.69, 9.17) is 4.74 Å². The maximum atomic E-state index is 13.1. The average Bonchev–Trinajstić information content (AvgIpc) is 3.19. The zero-order chi connectivity index (χ0) is 19.8. The Bertz CT molecular complexity index is 967. The summed E-state index contributed by atoms with van der Waals surface area (Å²) in [6.45, 7) is 2.24. The molecule has 28 heavy (non-hydrogen) atoms. The van der Waals surface area contributed by atoms with Crippen molar-refractivity contribution in [1.29, 1.82) is 0 Å². The molecule has 1 amide bonds. The quantitative estimate of drug-likeness (QED) is 0.696. The van der Waals surface area contributed by atoms with Gasteiger partial charge in [-0.05, 0) is 58.4 Å². The molecule has 0 bridgehead atoms. The molecule has 2 heterocycles. The molecule has 0 saturated heterocycles. The molecule has 0 saturated carbocycles. The van der Waals surface area contributed by atoms with Crippen LogP contribution in [0.3, 0.4) is 0 Å². The summed E-state index contributed by atoms with van der Waals surface area (Å²) in [4.78, 5) is 26.7. The largest absolute Gasteiger partial charge is 0.503 e. The number of aromatic hydroxyl groups is 1. The molecule has 1 aromatic heterocycles. The molecule has 1 aliphatic carbocycles. The van der Waals surface area contributed by atoms with Gasteiger partial charge in [-0.15, -0.1) is 11.3 Å². The summed E-state index contributed by atoms with van der Waals surface area (Å²) >= 11 is 5.00. The van der Waals surface area contributed by atoms with Crippen molar-refractivity contribution >= 4 is 39.0 Å². The van der Waals surface area contributed by atoms with E-state index in [9.17, 15) is 14.7 Å². The number of hydrogen-bond donors (Lipinski definition) is 2. The summed E-state index contributed by atoms with van der Waals surface area (Å²) in [5.41, 5.74) is 2.21. The lowest BCUT2D eigenvalue weighted by Gasteiger charge is -2.34. The lowest BCUT2D eigenvalue weighted by atomic mass is 9.74. The summed E-state index contributed by atoms with van der Waals surface area (Å²) in [5.74, 6) is 0.123. The third-order valence-electron chi connectivity index (χ3n) is 5.23. The minimum absolute atomic E-state index is 0.0211. The first-order valence-electron chi connectivity index (χ1n) is 9.22. The lowest BCUT2D eigenvalue weighted by molar-refractivity contribution is -0.122. The number of ether oxygens (including phenoxy) is 1. The number of rotatable bonds is 4. The highest BCUT2D eigenvalue weighted by Crippen LogP contribution is 2.46. The number of allylic oxidation sites excluding steroid dienone is 2. The molecule has 0 fully saturated rings. The first-order chi connectivity index (χ1) is 13.5. The number of benzene rings is 1. The van der Waals surface area contributed by atoms with E-state index in [1.165, 1.54) is 4.88 Å². The number of carbonyl (C=O) groups is 2. The maximum absolute atomic E-state index is 13.1. The van der Waals surface area contributed by atoms with Crippen LogP contribution in [0.15, 0.2) is 45.4 Å². The third-order valence-corrected chi connectivity index (χ3v) is 6.87. The minimum atomic E-state index is -0.336. The van der Waals surface area contributed by atoms with Gasteiger partial charge >= 0.3 is 0 Å². The van der Waals surface area contributed by atoms with Crippen LogP contribution >= 0.6 is 27.3 Å². The van der Waals surface area contributed by atoms with Gasteiger partial charge in [-0.2, -0.15) is 0 Å². The summed E-state index contributed by atoms with van der Waals surface area (Å²) in [7, 11) is 0. The van der Waals surface area contributed by atoms with E-state index in [-0.39, 0.29) is 35.7 Å². The van der Waals surface area contributed by atoms with Crippen molar-refractivity contribution in [1.82, 2.24) is 5.32 Å². The van der Waals surface area contributed by atoms with Crippen LogP contribution in [0.2, 0.25) is 0 Å². The number of hydrogen-bond acceptors (Lipinski definition) is 5. The number of ketones is 1. The number of nitrogens with one attached hydrogen (secondary N) is 1. The van der Waals surface area contributed by atoms with Gasteiger partial charge in [-0.1, -0.05) is 6.07 Å². The molecule has 2 aliphatic rings. The zero-order valence-corrected chi connectivity index (χ0v) is 17.7. The lowest BCUT2D eigenvalue weighted by Crippen LogP contribution is -2.38. The average molecular weight is 462 g/mol. The molecule has 2 atom stereocenters. The Balaban J connectivity index is 1.75. The van der Waals surface area contributed by atoms with Gasteiger partial charge < -0.3 is 15.2 Å². The fraction of sp³-hybridized carbons (Fsp3) is 0.333. The van der Waals surface area contributed by atoms with E-state index < -0.39 is 0 Å². The Labute approximate surface area is 175 Å². The van der Waals surface area contributed by atoms with Gasteiger partial charge in [0.2, 0.25) is 5.91 Å². The number of amides is 1. The molecule has 2 aromatic rings. The number of phenols is 1. The van der Waals surface area contributed by atoms with Crippen molar-refractivity contribution in [3.63, 3.8) is 0 Å². The van der Waals surface area contributed by atoms with Gasteiger partial charge in [0.1, 0.15) is 0 Å². The minimum Gasteiger partial charge on any atom is -0.503 e. The van der Waals surface area contributed by atoms with E-state index >= 15 is 0 Å². The van der Waals surface area contributed by atoms with Crippen molar-refractivity contribution in [2.75, 3.05) is 6.61 Å². The summed E-state index contributed by atoms with van der Waals surface area (Å²) in [5, 5.41) is 15.1. The molecule has 0 spiro atoms. The predicted molar refractivity (Wildman–Crippen MR) is 111 cm³/mol. The topological polar surface area (TPSA) is 75.6 Å². The predicted octanol–water partition coefficient (Wildman–Crippen LogP) is 4.62. The fourth-order valence-corrected chi connectivity index (χ4v) is 5.32. The molecule has 5 nitrogen and oxygen atoms in total. The van der Waals surface area contributed by atoms with Crippen LogP contribution in [0.1, 0.15) is 48.5 Å². The Morgan fingerprint density at radius 3 is 2.82 bits per heavy atom. The van der Waals surface area contributed by atoms with E-state index in [2.05, 4.69) is 21.2 Å². The van der Waals surface area contributed by atoms with Gasteiger partial charge in [0, 0.05) is 40.8 Å². The van der Waals surface area contributed by atoms with Crippen LogP contribution in [0, 0.1) is 0 Å².